The summed E-state index contributed by atoms with van der Waals surface area (Å²) >= 11 is 0. The van der Waals surface area contributed by atoms with E-state index in [0.717, 1.165) is 25.7 Å². The summed E-state index contributed by atoms with van der Waals surface area (Å²) in [4.78, 5) is 35.1. The highest BCUT2D eigenvalue weighted by molar-refractivity contribution is 5.83. The van der Waals surface area contributed by atoms with E-state index >= 15 is 0 Å². The summed E-state index contributed by atoms with van der Waals surface area (Å²) in [5.74, 6) is 0.453. The first-order valence-electron chi connectivity index (χ1n) is 9.27. The number of nitrogens with one attached hydrogen (secondary N) is 4. The SMILES string of the molecule is O=C(CC1CCCCC1)NNC(=O)NNC(=O)CC1CCCCC1. The average Bonchev–Trinajstić information content (AvgIpc) is 2.60. The molecule has 0 unspecified atom stereocenters. The minimum absolute atomic E-state index is 0.189. The smallest absolute Gasteiger partial charge is 0.273 e. The van der Waals surface area contributed by atoms with E-state index in [1.807, 2.05) is 0 Å². The Morgan fingerprint density at radius 1 is 0.583 bits per heavy atom. The maximum absolute atomic E-state index is 11.8. The molecule has 24 heavy (non-hydrogen) atoms. The molecule has 2 fully saturated rings. The zero-order valence-corrected chi connectivity index (χ0v) is 14.4. The summed E-state index contributed by atoms with van der Waals surface area (Å²) in [5.41, 5.74) is 9.30. The van der Waals surface area contributed by atoms with Crippen LogP contribution in [-0.2, 0) is 9.59 Å². The van der Waals surface area contributed by atoms with Crippen molar-refractivity contribution in [2.75, 3.05) is 0 Å². The molecule has 2 rings (SSSR count). The predicted molar refractivity (Wildman–Crippen MR) is 90.3 cm³/mol. The van der Waals surface area contributed by atoms with Gasteiger partial charge in [-0.25, -0.2) is 15.6 Å². The highest BCUT2D eigenvalue weighted by Crippen LogP contribution is 2.26. The van der Waals surface area contributed by atoms with Crippen LogP contribution in [0.5, 0.6) is 0 Å². The highest BCUT2D eigenvalue weighted by atomic mass is 16.2. The van der Waals surface area contributed by atoms with Gasteiger partial charge < -0.3 is 0 Å². The Hall–Kier alpha value is -1.79. The Kier molecular flexibility index (Phi) is 7.85. The van der Waals surface area contributed by atoms with Crippen LogP contribution in [0.1, 0.15) is 77.0 Å². The molecule has 0 aromatic carbocycles. The van der Waals surface area contributed by atoms with Crippen molar-refractivity contribution < 1.29 is 14.4 Å². The maximum Gasteiger partial charge on any atom is 0.352 e. The number of amides is 4. The zero-order chi connectivity index (χ0) is 17.2. The lowest BCUT2D eigenvalue weighted by Gasteiger charge is -2.21. The van der Waals surface area contributed by atoms with E-state index in [9.17, 15) is 14.4 Å². The van der Waals surface area contributed by atoms with Crippen LogP contribution in [0.2, 0.25) is 0 Å². The third kappa shape index (κ3) is 7.19. The predicted octanol–water partition coefficient (Wildman–Crippen LogP) is 2.29. The van der Waals surface area contributed by atoms with Crippen molar-refractivity contribution >= 4 is 17.8 Å². The van der Waals surface area contributed by atoms with Crippen molar-refractivity contribution in [3.8, 4) is 0 Å². The van der Waals surface area contributed by atoms with Crippen LogP contribution in [-0.4, -0.2) is 17.8 Å². The van der Waals surface area contributed by atoms with Crippen molar-refractivity contribution in [2.24, 2.45) is 11.8 Å². The van der Waals surface area contributed by atoms with Crippen LogP contribution >= 0.6 is 0 Å². The second kappa shape index (κ2) is 10.2. The Morgan fingerprint density at radius 3 is 1.33 bits per heavy atom. The van der Waals surface area contributed by atoms with E-state index in [1.165, 1.54) is 38.5 Å². The molecule has 7 heteroatoms. The highest BCUT2D eigenvalue weighted by Gasteiger charge is 2.18. The van der Waals surface area contributed by atoms with Gasteiger partial charge in [0.15, 0.2) is 0 Å². The lowest BCUT2D eigenvalue weighted by molar-refractivity contribution is -0.123. The monoisotopic (exact) mass is 338 g/mol. The van der Waals surface area contributed by atoms with Gasteiger partial charge in [0.05, 0.1) is 0 Å². The lowest BCUT2D eigenvalue weighted by Crippen LogP contribution is -2.52. The van der Waals surface area contributed by atoms with Crippen LogP contribution in [0.15, 0.2) is 0 Å². The number of rotatable bonds is 4. The molecule has 2 aliphatic carbocycles. The molecule has 0 saturated heterocycles. The molecule has 0 radical (unpaired) electrons. The van der Waals surface area contributed by atoms with Crippen LogP contribution in [0, 0.1) is 11.8 Å². The number of hydrogen-bond acceptors (Lipinski definition) is 3. The molecule has 0 aliphatic heterocycles. The van der Waals surface area contributed by atoms with Gasteiger partial charge in [-0.15, -0.1) is 0 Å². The Balaban J connectivity index is 1.53. The molecule has 0 heterocycles. The first kappa shape index (κ1) is 18.5. The molecule has 4 N–H and O–H groups in total. The summed E-state index contributed by atoms with van der Waals surface area (Å²) in [6, 6.07) is -0.635. The van der Waals surface area contributed by atoms with Crippen molar-refractivity contribution in [3.05, 3.63) is 0 Å². The number of hydrazine groups is 2. The molecule has 0 spiro atoms. The van der Waals surface area contributed by atoms with Crippen LogP contribution < -0.4 is 21.7 Å². The summed E-state index contributed by atoms with van der Waals surface area (Å²) < 4.78 is 0. The molecule has 0 atom stereocenters. The molecular formula is C17H30N4O3. The van der Waals surface area contributed by atoms with Gasteiger partial charge in [-0.05, 0) is 37.5 Å². The Bertz CT molecular complexity index is 392. The topological polar surface area (TPSA) is 99.3 Å². The molecule has 2 saturated carbocycles. The Labute approximate surface area is 143 Å². The van der Waals surface area contributed by atoms with Gasteiger partial charge in [0.1, 0.15) is 0 Å². The number of carbonyl (C=O) groups excluding carboxylic acids is 3. The summed E-state index contributed by atoms with van der Waals surface area (Å²) in [6.45, 7) is 0. The largest absolute Gasteiger partial charge is 0.352 e. The number of carbonyl (C=O) groups is 3. The second-order valence-corrected chi connectivity index (χ2v) is 7.09. The van der Waals surface area contributed by atoms with Crippen LogP contribution in [0.25, 0.3) is 0 Å². The minimum Gasteiger partial charge on any atom is -0.273 e. The summed E-state index contributed by atoms with van der Waals surface area (Å²) in [5, 5.41) is 0. The van der Waals surface area contributed by atoms with Crippen molar-refractivity contribution in [3.63, 3.8) is 0 Å². The van der Waals surface area contributed by atoms with Crippen LogP contribution in [0.4, 0.5) is 4.79 Å². The summed E-state index contributed by atoms with van der Waals surface area (Å²) in [7, 11) is 0. The van der Waals surface area contributed by atoms with E-state index < -0.39 is 6.03 Å². The third-order valence-corrected chi connectivity index (χ3v) is 5.03. The molecule has 0 bridgehead atoms. The molecule has 136 valence electrons. The van der Waals surface area contributed by atoms with Gasteiger partial charge >= 0.3 is 6.03 Å². The molecule has 0 aromatic heterocycles. The third-order valence-electron chi connectivity index (χ3n) is 5.03. The Morgan fingerprint density at radius 2 is 0.958 bits per heavy atom. The van der Waals surface area contributed by atoms with Gasteiger partial charge in [-0.1, -0.05) is 38.5 Å². The minimum atomic E-state index is -0.635. The fourth-order valence-corrected chi connectivity index (χ4v) is 3.69. The summed E-state index contributed by atoms with van der Waals surface area (Å²) in [6.07, 6.45) is 12.4. The lowest BCUT2D eigenvalue weighted by atomic mass is 9.87. The van der Waals surface area contributed by atoms with E-state index in [-0.39, 0.29) is 11.8 Å². The second-order valence-electron chi connectivity index (χ2n) is 7.09. The van der Waals surface area contributed by atoms with Crippen molar-refractivity contribution in [2.45, 2.75) is 77.0 Å². The van der Waals surface area contributed by atoms with Crippen LogP contribution in [0.3, 0.4) is 0 Å². The van der Waals surface area contributed by atoms with E-state index in [4.69, 9.17) is 0 Å². The fraction of sp³-hybridized carbons (Fsp3) is 0.824. The average molecular weight is 338 g/mol. The fourth-order valence-electron chi connectivity index (χ4n) is 3.69. The molecule has 7 nitrogen and oxygen atoms in total. The number of urea groups is 1. The van der Waals surface area contributed by atoms with E-state index in [2.05, 4.69) is 21.7 Å². The molecule has 2 aliphatic rings. The molecular weight excluding hydrogens is 308 g/mol. The molecule has 4 amide bonds. The normalized spacial score (nSPS) is 19.3. The number of hydrogen-bond donors (Lipinski definition) is 4. The van der Waals surface area contributed by atoms with Gasteiger partial charge in [0.2, 0.25) is 11.8 Å². The van der Waals surface area contributed by atoms with Crippen molar-refractivity contribution in [1.82, 2.24) is 21.7 Å². The van der Waals surface area contributed by atoms with Gasteiger partial charge in [0.25, 0.3) is 0 Å². The first-order valence-corrected chi connectivity index (χ1v) is 9.27. The van der Waals surface area contributed by atoms with E-state index in [1.54, 1.807) is 0 Å². The van der Waals surface area contributed by atoms with E-state index in [0.29, 0.717) is 24.7 Å². The zero-order valence-electron chi connectivity index (χ0n) is 14.4. The van der Waals surface area contributed by atoms with Crippen molar-refractivity contribution in [1.29, 1.82) is 0 Å². The molecule has 0 aromatic rings. The van der Waals surface area contributed by atoms with Gasteiger partial charge in [0, 0.05) is 12.8 Å². The van der Waals surface area contributed by atoms with Gasteiger partial charge in [-0.3, -0.25) is 20.4 Å². The standard InChI is InChI=1S/C17H30N4O3/c22-15(11-13-7-3-1-4-8-13)18-20-17(24)21-19-16(23)12-14-9-5-2-6-10-14/h13-14H,1-12H2,(H,18,22)(H,19,23)(H2,20,21,24). The van der Waals surface area contributed by atoms with Gasteiger partial charge in [-0.2, -0.15) is 0 Å². The first-order chi connectivity index (χ1) is 11.6. The maximum atomic E-state index is 11.8. The quantitative estimate of drug-likeness (QED) is 0.592.